The van der Waals surface area contributed by atoms with E-state index in [1.807, 2.05) is 32.0 Å². The van der Waals surface area contributed by atoms with Crippen LogP contribution in [0.1, 0.15) is 29.7 Å². The molecule has 1 N–H and O–H groups in total. The number of aryl methyl sites for hydroxylation is 1. The summed E-state index contributed by atoms with van der Waals surface area (Å²) in [4.78, 5) is 33.2. The van der Waals surface area contributed by atoms with E-state index in [-0.39, 0.29) is 11.3 Å². The van der Waals surface area contributed by atoms with Gasteiger partial charge in [0.15, 0.2) is 16.6 Å². The zero-order valence-electron chi connectivity index (χ0n) is 22.7. The number of nitrogens with zero attached hydrogens (tertiary/aromatic N) is 2. The Kier molecular flexibility index (Phi) is 7.36. The number of aliphatic hydroxyl groups is 1. The quantitative estimate of drug-likeness (QED) is 0.167. The zero-order chi connectivity index (χ0) is 28.6. The molecule has 3 aromatic carbocycles. The van der Waals surface area contributed by atoms with E-state index in [0.29, 0.717) is 51.4 Å². The Morgan fingerprint density at radius 1 is 0.975 bits per heavy atom. The number of carbonyl (C=O) groups is 2. The number of aromatic nitrogens is 1. The van der Waals surface area contributed by atoms with Crippen LogP contribution in [0, 0.1) is 6.92 Å². The summed E-state index contributed by atoms with van der Waals surface area (Å²) in [5.74, 6) is -0.228. The first kappa shape index (κ1) is 27.0. The van der Waals surface area contributed by atoms with E-state index < -0.39 is 17.7 Å². The molecular formula is C30H28N2O7S. The van der Waals surface area contributed by atoms with Crippen molar-refractivity contribution in [1.82, 2.24) is 4.98 Å². The van der Waals surface area contributed by atoms with Gasteiger partial charge < -0.3 is 24.1 Å². The molecule has 0 radical (unpaired) electrons. The Bertz CT molecular complexity index is 1620. The fraction of sp³-hybridized carbons (Fsp3) is 0.233. The van der Waals surface area contributed by atoms with Crippen molar-refractivity contribution < 1.29 is 33.6 Å². The van der Waals surface area contributed by atoms with Gasteiger partial charge in [-0.05, 0) is 49.7 Å². The highest BCUT2D eigenvalue weighted by molar-refractivity contribution is 7.22. The van der Waals surface area contributed by atoms with Gasteiger partial charge in [0.2, 0.25) is 5.75 Å². The van der Waals surface area contributed by atoms with Crippen molar-refractivity contribution in [3.8, 4) is 23.0 Å². The summed E-state index contributed by atoms with van der Waals surface area (Å²) in [5.41, 5.74) is 2.44. The number of Topliss-reactive ketones (excluding diaryl/α,β-unsaturated/α-hetero) is 1. The Morgan fingerprint density at radius 2 is 1.65 bits per heavy atom. The number of amides is 1. The van der Waals surface area contributed by atoms with E-state index in [4.69, 9.17) is 18.9 Å². The number of fused-ring (bicyclic) bond motifs is 1. The van der Waals surface area contributed by atoms with Crippen molar-refractivity contribution in [2.45, 2.75) is 19.9 Å². The molecule has 1 saturated heterocycles. The van der Waals surface area contributed by atoms with Crippen molar-refractivity contribution in [3.63, 3.8) is 0 Å². The van der Waals surface area contributed by atoms with E-state index in [0.717, 1.165) is 10.3 Å². The van der Waals surface area contributed by atoms with Crippen LogP contribution in [0.2, 0.25) is 0 Å². The number of ketones is 1. The van der Waals surface area contributed by atoms with Gasteiger partial charge >= 0.3 is 5.91 Å². The van der Waals surface area contributed by atoms with Crippen LogP contribution in [0.25, 0.3) is 16.0 Å². The number of aliphatic hydroxyl groups excluding tert-OH is 1. The van der Waals surface area contributed by atoms with Crippen LogP contribution < -0.4 is 23.8 Å². The minimum absolute atomic E-state index is 0.0719. The van der Waals surface area contributed by atoms with Crippen LogP contribution >= 0.6 is 11.3 Å². The lowest BCUT2D eigenvalue weighted by molar-refractivity contribution is -0.132. The Hall–Kier alpha value is -4.57. The number of rotatable bonds is 8. The number of benzene rings is 3. The number of carbonyl (C=O) groups excluding carboxylic acids is 2. The van der Waals surface area contributed by atoms with Gasteiger partial charge in [-0.25, -0.2) is 4.98 Å². The third-order valence-electron chi connectivity index (χ3n) is 6.64. The summed E-state index contributed by atoms with van der Waals surface area (Å²) in [6.07, 6.45) is 0. The molecule has 1 amide bonds. The molecule has 4 aromatic rings. The molecule has 1 fully saturated rings. The summed E-state index contributed by atoms with van der Waals surface area (Å²) >= 11 is 1.25. The van der Waals surface area contributed by atoms with Gasteiger partial charge in [-0.1, -0.05) is 41.2 Å². The highest BCUT2D eigenvalue weighted by atomic mass is 32.1. The van der Waals surface area contributed by atoms with Gasteiger partial charge in [0.05, 0.1) is 49.8 Å². The largest absolute Gasteiger partial charge is 0.507 e. The smallest absolute Gasteiger partial charge is 0.301 e. The molecule has 1 aliphatic heterocycles. The second kappa shape index (κ2) is 10.9. The van der Waals surface area contributed by atoms with E-state index >= 15 is 0 Å². The van der Waals surface area contributed by atoms with E-state index in [1.54, 1.807) is 36.4 Å². The second-order valence-electron chi connectivity index (χ2n) is 9.05. The van der Waals surface area contributed by atoms with Gasteiger partial charge in [-0.3, -0.25) is 14.5 Å². The van der Waals surface area contributed by atoms with Gasteiger partial charge in [0.25, 0.3) is 5.78 Å². The third kappa shape index (κ3) is 4.60. The number of thiazole rings is 1. The van der Waals surface area contributed by atoms with Crippen molar-refractivity contribution in [1.29, 1.82) is 0 Å². The molecule has 10 heteroatoms. The summed E-state index contributed by atoms with van der Waals surface area (Å²) < 4.78 is 23.0. The molecule has 5 rings (SSSR count). The predicted molar refractivity (Wildman–Crippen MR) is 153 cm³/mol. The maximum Gasteiger partial charge on any atom is 0.301 e. The van der Waals surface area contributed by atoms with Crippen molar-refractivity contribution >= 4 is 44.1 Å². The summed E-state index contributed by atoms with van der Waals surface area (Å²) in [7, 11) is 4.45. The highest BCUT2D eigenvalue weighted by Crippen LogP contribution is 2.48. The van der Waals surface area contributed by atoms with Gasteiger partial charge in [0.1, 0.15) is 11.5 Å². The molecule has 0 saturated carbocycles. The van der Waals surface area contributed by atoms with Crippen molar-refractivity contribution in [2.24, 2.45) is 0 Å². The normalized spacial score (nSPS) is 16.4. The van der Waals surface area contributed by atoms with Crippen LogP contribution in [0.3, 0.4) is 0 Å². The number of ether oxygens (including phenoxy) is 4. The molecule has 0 spiro atoms. The van der Waals surface area contributed by atoms with Crippen molar-refractivity contribution in [2.75, 3.05) is 32.8 Å². The fourth-order valence-electron chi connectivity index (χ4n) is 4.72. The number of anilines is 1. The molecule has 1 aromatic heterocycles. The molecule has 2 heterocycles. The minimum Gasteiger partial charge on any atom is -0.507 e. The highest BCUT2D eigenvalue weighted by Gasteiger charge is 2.48. The predicted octanol–water partition coefficient (Wildman–Crippen LogP) is 5.66. The average Bonchev–Trinajstić information content (AvgIpc) is 3.49. The van der Waals surface area contributed by atoms with Crippen LogP contribution in [-0.2, 0) is 9.59 Å². The van der Waals surface area contributed by atoms with E-state index in [1.165, 1.54) is 37.6 Å². The Balaban J connectivity index is 1.75. The summed E-state index contributed by atoms with van der Waals surface area (Å²) in [6, 6.07) is 14.8. The lowest BCUT2D eigenvalue weighted by Gasteiger charge is -2.24. The number of methoxy groups -OCH3 is 3. The van der Waals surface area contributed by atoms with Gasteiger partial charge in [-0.2, -0.15) is 0 Å². The van der Waals surface area contributed by atoms with Gasteiger partial charge in [0, 0.05) is 5.56 Å². The molecule has 0 aliphatic carbocycles. The van der Waals surface area contributed by atoms with Crippen LogP contribution in [0.4, 0.5) is 5.13 Å². The van der Waals surface area contributed by atoms with Crippen molar-refractivity contribution in [3.05, 3.63) is 76.9 Å². The summed E-state index contributed by atoms with van der Waals surface area (Å²) in [6.45, 7) is 4.32. The standard InChI is InChI=1S/C30H28N2O7S/c1-6-39-19-11-12-20-23(15-19)40-30(31-20)32-25(18-13-21(36-3)28(38-5)22(14-18)37-4)24(27(34)29(32)35)26(33)17-9-7-16(2)8-10-17/h7-15,25,33H,6H2,1-5H3/b26-24+. The van der Waals surface area contributed by atoms with Crippen LogP contribution in [-0.4, -0.2) is 49.7 Å². The first-order chi connectivity index (χ1) is 19.3. The topological polar surface area (TPSA) is 107 Å². The maximum atomic E-state index is 13.7. The molecule has 1 unspecified atom stereocenters. The monoisotopic (exact) mass is 560 g/mol. The zero-order valence-corrected chi connectivity index (χ0v) is 23.5. The fourth-order valence-corrected chi connectivity index (χ4v) is 5.74. The summed E-state index contributed by atoms with van der Waals surface area (Å²) in [5, 5.41) is 11.7. The first-order valence-electron chi connectivity index (χ1n) is 12.5. The van der Waals surface area contributed by atoms with E-state index in [2.05, 4.69) is 4.98 Å². The SMILES string of the molecule is CCOc1ccc2nc(N3C(=O)C(=O)/C(=C(/O)c4ccc(C)cc4)C3c3cc(OC)c(OC)c(OC)c3)sc2c1. The maximum absolute atomic E-state index is 13.7. The number of hydrogen-bond acceptors (Lipinski definition) is 9. The van der Waals surface area contributed by atoms with E-state index in [9.17, 15) is 14.7 Å². The van der Waals surface area contributed by atoms with Crippen LogP contribution in [0.15, 0.2) is 60.2 Å². The molecule has 1 atom stereocenters. The molecule has 1 aliphatic rings. The third-order valence-corrected chi connectivity index (χ3v) is 7.66. The Labute approximate surface area is 235 Å². The van der Waals surface area contributed by atoms with Crippen LogP contribution in [0.5, 0.6) is 23.0 Å². The lowest BCUT2D eigenvalue weighted by Crippen LogP contribution is -2.29. The van der Waals surface area contributed by atoms with Gasteiger partial charge in [-0.15, -0.1) is 0 Å². The molecule has 40 heavy (non-hydrogen) atoms. The molecular weight excluding hydrogens is 532 g/mol. The second-order valence-corrected chi connectivity index (χ2v) is 10.1. The Morgan fingerprint density at radius 3 is 2.25 bits per heavy atom. The number of hydrogen-bond donors (Lipinski definition) is 1. The first-order valence-corrected chi connectivity index (χ1v) is 13.3. The molecule has 9 nitrogen and oxygen atoms in total. The molecule has 206 valence electrons. The molecule has 0 bridgehead atoms. The average molecular weight is 561 g/mol. The lowest BCUT2D eigenvalue weighted by atomic mass is 9.94. The minimum atomic E-state index is -1.03.